The van der Waals surface area contributed by atoms with Crippen molar-refractivity contribution >= 4 is 22.5 Å². The molecule has 1 aliphatic rings. The zero-order valence-electron chi connectivity index (χ0n) is 12.6. The normalized spacial score (nSPS) is 21.3. The second-order valence-corrected chi connectivity index (χ2v) is 6.00. The standard InChI is InChI=1S/C16H19N3O4/c20-15-4-2-1-3-14(15)18-16(21)7-10-9-17-13-6-5-11(19(22)23)8-12(10)13/h5-6,8-9,14-15,17,20H,1-4,7H2,(H,18,21). The van der Waals surface area contributed by atoms with Crippen LogP contribution in [0.4, 0.5) is 5.69 Å². The first-order chi connectivity index (χ1) is 11.0. The monoisotopic (exact) mass is 317 g/mol. The summed E-state index contributed by atoms with van der Waals surface area (Å²) in [5.74, 6) is -0.177. The highest BCUT2D eigenvalue weighted by molar-refractivity contribution is 5.90. The van der Waals surface area contributed by atoms with Crippen LogP contribution < -0.4 is 5.32 Å². The van der Waals surface area contributed by atoms with Crippen LogP contribution in [0.15, 0.2) is 24.4 Å². The summed E-state index contributed by atoms with van der Waals surface area (Å²) in [7, 11) is 0. The van der Waals surface area contributed by atoms with Gasteiger partial charge in [-0.2, -0.15) is 0 Å². The Kier molecular flexibility index (Phi) is 4.29. The van der Waals surface area contributed by atoms with E-state index in [1.165, 1.54) is 12.1 Å². The average molecular weight is 317 g/mol. The topological polar surface area (TPSA) is 108 Å². The van der Waals surface area contributed by atoms with Crippen LogP contribution in [-0.4, -0.2) is 33.1 Å². The van der Waals surface area contributed by atoms with Crippen molar-refractivity contribution in [3.63, 3.8) is 0 Å². The average Bonchev–Trinajstić information content (AvgIpc) is 2.92. The third kappa shape index (κ3) is 3.34. The third-order valence-electron chi connectivity index (χ3n) is 4.39. The van der Waals surface area contributed by atoms with E-state index < -0.39 is 11.0 Å². The van der Waals surface area contributed by atoms with Crippen molar-refractivity contribution in [2.45, 2.75) is 44.2 Å². The summed E-state index contributed by atoms with van der Waals surface area (Å²) >= 11 is 0. The highest BCUT2D eigenvalue weighted by atomic mass is 16.6. The smallest absolute Gasteiger partial charge is 0.270 e. The predicted molar refractivity (Wildman–Crippen MR) is 85.1 cm³/mol. The van der Waals surface area contributed by atoms with Gasteiger partial charge in [0.2, 0.25) is 5.91 Å². The largest absolute Gasteiger partial charge is 0.391 e. The number of hydrogen-bond acceptors (Lipinski definition) is 4. The molecule has 3 rings (SSSR count). The number of aromatic amines is 1. The van der Waals surface area contributed by atoms with Crippen molar-refractivity contribution in [1.82, 2.24) is 10.3 Å². The van der Waals surface area contributed by atoms with Crippen LogP contribution in [0.2, 0.25) is 0 Å². The highest BCUT2D eigenvalue weighted by Crippen LogP contribution is 2.24. The molecule has 2 aromatic rings. The van der Waals surface area contributed by atoms with Gasteiger partial charge in [0, 0.05) is 29.2 Å². The molecule has 23 heavy (non-hydrogen) atoms. The number of hydrogen-bond donors (Lipinski definition) is 3. The Hall–Kier alpha value is -2.41. The van der Waals surface area contributed by atoms with E-state index >= 15 is 0 Å². The number of aliphatic hydroxyl groups is 1. The molecule has 1 amide bonds. The van der Waals surface area contributed by atoms with Gasteiger partial charge in [-0.1, -0.05) is 12.8 Å². The van der Waals surface area contributed by atoms with E-state index in [4.69, 9.17) is 0 Å². The number of amides is 1. The second kappa shape index (κ2) is 6.37. The zero-order valence-corrected chi connectivity index (χ0v) is 12.6. The van der Waals surface area contributed by atoms with Crippen molar-refractivity contribution in [1.29, 1.82) is 0 Å². The molecule has 1 fully saturated rings. The lowest BCUT2D eigenvalue weighted by Crippen LogP contribution is -2.45. The molecule has 2 atom stereocenters. The molecule has 0 radical (unpaired) electrons. The van der Waals surface area contributed by atoms with Gasteiger partial charge in [0.25, 0.3) is 5.69 Å². The van der Waals surface area contributed by atoms with Crippen LogP contribution in [0, 0.1) is 10.1 Å². The number of non-ortho nitro benzene ring substituents is 1. The zero-order chi connectivity index (χ0) is 16.4. The fourth-order valence-electron chi connectivity index (χ4n) is 3.14. The summed E-state index contributed by atoms with van der Waals surface area (Å²) in [6.07, 6.45) is 4.82. The quantitative estimate of drug-likeness (QED) is 0.592. The van der Waals surface area contributed by atoms with Crippen LogP contribution in [0.1, 0.15) is 31.2 Å². The molecule has 2 unspecified atom stereocenters. The van der Waals surface area contributed by atoms with E-state index in [1.807, 2.05) is 0 Å². The number of aromatic nitrogens is 1. The summed E-state index contributed by atoms with van der Waals surface area (Å²) in [6.45, 7) is 0. The molecule has 3 N–H and O–H groups in total. The maximum atomic E-state index is 12.2. The van der Waals surface area contributed by atoms with Gasteiger partial charge in [-0.15, -0.1) is 0 Å². The molecule has 1 heterocycles. The molecule has 0 aliphatic heterocycles. The number of fused-ring (bicyclic) bond motifs is 1. The highest BCUT2D eigenvalue weighted by Gasteiger charge is 2.24. The van der Waals surface area contributed by atoms with Crippen LogP contribution in [0.25, 0.3) is 10.9 Å². The number of nitro benzene ring substituents is 1. The Labute approximate surface area is 132 Å². The number of nitrogens with zero attached hydrogens (tertiary/aromatic N) is 1. The fourth-order valence-corrected chi connectivity index (χ4v) is 3.14. The summed E-state index contributed by atoms with van der Waals surface area (Å²) in [6, 6.07) is 4.35. The summed E-state index contributed by atoms with van der Waals surface area (Å²) in [5, 5.41) is 24.4. The van der Waals surface area contributed by atoms with Crippen molar-refractivity contribution in [2.75, 3.05) is 0 Å². The van der Waals surface area contributed by atoms with Crippen LogP contribution in [-0.2, 0) is 11.2 Å². The number of rotatable bonds is 4. The van der Waals surface area contributed by atoms with Gasteiger partial charge in [-0.25, -0.2) is 0 Å². The molecule has 7 heteroatoms. The summed E-state index contributed by atoms with van der Waals surface area (Å²) in [4.78, 5) is 25.7. The lowest BCUT2D eigenvalue weighted by Gasteiger charge is -2.28. The Morgan fingerprint density at radius 2 is 2.17 bits per heavy atom. The van der Waals surface area contributed by atoms with E-state index in [0.29, 0.717) is 17.4 Å². The minimum absolute atomic E-state index is 0.00135. The van der Waals surface area contributed by atoms with Gasteiger partial charge >= 0.3 is 0 Å². The first kappa shape index (κ1) is 15.5. The maximum Gasteiger partial charge on any atom is 0.270 e. The molecule has 7 nitrogen and oxygen atoms in total. The fraction of sp³-hybridized carbons (Fsp3) is 0.438. The molecule has 1 aliphatic carbocycles. The Morgan fingerprint density at radius 3 is 2.91 bits per heavy atom. The third-order valence-corrected chi connectivity index (χ3v) is 4.39. The lowest BCUT2D eigenvalue weighted by atomic mass is 9.92. The van der Waals surface area contributed by atoms with E-state index in [0.717, 1.165) is 24.8 Å². The number of aliphatic hydroxyl groups excluding tert-OH is 1. The minimum atomic E-state index is -0.489. The van der Waals surface area contributed by atoms with Crippen LogP contribution >= 0.6 is 0 Å². The second-order valence-electron chi connectivity index (χ2n) is 6.00. The number of carbonyl (C=O) groups is 1. The van der Waals surface area contributed by atoms with Crippen molar-refractivity contribution in [2.24, 2.45) is 0 Å². The van der Waals surface area contributed by atoms with Gasteiger partial charge in [0.1, 0.15) is 0 Å². The summed E-state index contributed by atoms with van der Waals surface area (Å²) < 4.78 is 0. The number of H-pyrrole nitrogens is 1. The van der Waals surface area contributed by atoms with Crippen molar-refractivity contribution in [3.8, 4) is 0 Å². The number of nitro groups is 1. The van der Waals surface area contributed by atoms with E-state index in [1.54, 1.807) is 12.3 Å². The molecule has 122 valence electrons. The maximum absolute atomic E-state index is 12.2. The van der Waals surface area contributed by atoms with Gasteiger partial charge in [-0.3, -0.25) is 14.9 Å². The van der Waals surface area contributed by atoms with Crippen molar-refractivity contribution < 1.29 is 14.8 Å². The first-order valence-electron chi connectivity index (χ1n) is 7.76. The number of benzene rings is 1. The predicted octanol–water partition coefficient (Wildman–Crippen LogP) is 2.04. The molecular weight excluding hydrogens is 298 g/mol. The van der Waals surface area contributed by atoms with Crippen molar-refractivity contribution in [3.05, 3.63) is 40.1 Å². The first-order valence-corrected chi connectivity index (χ1v) is 7.76. The van der Waals surface area contributed by atoms with E-state index in [-0.39, 0.29) is 24.1 Å². The molecule has 0 spiro atoms. The molecule has 0 saturated heterocycles. The Balaban J connectivity index is 1.74. The van der Waals surface area contributed by atoms with Gasteiger partial charge < -0.3 is 15.4 Å². The Morgan fingerprint density at radius 1 is 1.39 bits per heavy atom. The molecular formula is C16H19N3O4. The number of carbonyl (C=O) groups excluding carboxylic acids is 1. The summed E-state index contributed by atoms with van der Waals surface area (Å²) in [5.41, 5.74) is 1.48. The van der Waals surface area contributed by atoms with Crippen LogP contribution in [0.5, 0.6) is 0 Å². The molecule has 1 aromatic carbocycles. The SMILES string of the molecule is O=C(Cc1c[nH]c2ccc([N+](=O)[O-])cc12)NC1CCCCC1O. The molecule has 0 bridgehead atoms. The van der Waals surface area contributed by atoms with E-state index in [2.05, 4.69) is 10.3 Å². The van der Waals surface area contributed by atoms with E-state index in [9.17, 15) is 20.0 Å². The lowest BCUT2D eigenvalue weighted by molar-refractivity contribution is -0.384. The molecule has 1 aromatic heterocycles. The minimum Gasteiger partial charge on any atom is -0.391 e. The molecule has 1 saturated carbocycles. The van der Waals surface area contributed by atoms with Gasteiger partial charge in [0.15, 0.2) is 0 Å². The van der Waals surface area contributed by atoms with Crippen LogP contribution in [0.3, 0.4) is 0 Å². The van der Waals surface area contributed by atoms with Gasteiger partial charge in [0.05, 0.1) is 23.5 Å². The number of nitrogens with one attached hydrogen (secondary N) is 2. The Bertz CT molecular complexity index is 740. The van der Waals surface area contributed by atoms with Gasteiger partial charge in [-0.05, 0) is 24.5 Å².